The van der Waals surface area contributed by atoms with Gasteiger partial charge in [-0.15, -0.1) is 0 Å². The molecule has 1 rings (SSSR count). The Labute approximate surface area is 85.2 Å². The van der Waals surface area contributed by atoms with E-state index < -0.39 is 0 Å². The number of rotatable bonds is 3. The molecule has 3 nitrogen and oxygen atoms in total. The van der Waals surface area contributed by atoms with Gasteiger partial charge in [0.05, 0.1) is 5.69 Å². The molecule has 76 valence electrons. The minimum atomic E-state index is 0.279. The van der Waals surface area contributed by atoms with Crippen LogP contribution in [0.15, 0.2) is 29.3 Å². The molecule has 0 radical (unpaired) electrons. The first-order valence-electron chi connectivity index (χ1n) is 4.72. The fraction of sp³-hybridized carbons (Fsp3) is 0.364. The summed E-state index contributed by atoms with van der Waals surface area (Å²) in [5.41, 5.74) is 2.05. The lowest BCUT2D eigenvalue weighted by Gasteiger charge is -2.24. The number of benzene rings is 1. The maximum atomic E-state index is 5.94. The molecule has 0 unspecified atom stereocenters. The van der Waals surface area contributed by atoms with Gasteiger partial charge in [0.2, 0.25) is 0 Å². The van der Waals surface area contributed by atoms with Crippen molar-refractivity contribution in [1.29, 1.82) is 0 Å². The third-order valence-electron chi connectivity index (χ3n) is 2.04. The van der Waals surface area contributed by atoms with Gasteiger partial charge < -0.3 is 5.01 Å². The molecule has 0 aliphatic heterocycles. The van der Waals surface area contributed by atoms with Crippen molar-refractivity contribution in [3.63, 3.8) is 0 Å². The van der Waals surface area contributed by atoms with Crippen molar-refractivity contribution >= 4 is 11.9 Å². The number of hydrazine groups is 1. The van der Waals surface area contributed by atoms with Gasteiger partial charge in [-0.3, -0.25) is 4.99 Å². The summed E-state index contributed by atoms with van der Waals surface area (Å²) in [6.07, 6.45) is 1.82. The minimum Gasteiger partial charge on any atom is -0.308 e. The normalized spacial score (nSPS) is 11.2. The zero-order valence-electron chi connectivity index (χ0n) is 8.94. The predicted molar refractivity (Wildman–Crippen MR) is 61.8 cm³/mol. The summed E-state index contributed by atoms with van der Waals surface area (Å²) < 4.78 is 0. The van der Waals surface area contributed by atoms with Crippen LogP contribution in [0.2, 0.25) is 0 Å². The van der Waals surface area contributed by atoms with E-state index in [1.807, 2.05) is 30.5 Å². The molecule has 0 fully saturated rings. The average Bonchev–Trinajstić information content (AvgIpc) is 2.18. The van der Waals surface area contributed by atoms with E-state index in [1.54, 1.807) is 12.1 Å². The van der Waals surface area contributed by atoms with Gasteiger partial charge in [-0.1, -0.05) is 18.2 Å². The van der Waals surface area contributed by atoms with Crippen LogP contribution in [-0.4, -0.2) is 19.3 Å². The van der Waals surface area contributed by atoms with Crippen molar-refractivity contribution < 1.29 is 0 Å². The largest absolute Gasteiger partial charge is 0.308 e. The van der Waals surface area contributed by atoms with Crippen LogP contribution in [0.4, 0.5) is 5.69 Å². The second kappa shape index (κ2) is 4.77. The smallest absolute Gasteiger partial charge is 0.0607 e. The summed E-state index contributed by atoms with van der Waals surface area (Å²) >= 11 is 0. The Morgan fingerprint density at radius 2 is 2.00 bits per heavy atom. The Bertz CT molecular complexity index is 318. The van der Waals surface area contributed by atoms with Crippen LogP contribution in [0.5, 0.6) is 0 Å². The Hall–Kier alpha value is -1.35. The van der Waals surface area contributed by atoms with E-state index in [4.69, 9.17) is 5.84 Å². The predicted octanol–water partition coefficient (Wildman–Crippen LogP) is 1.82. The highest BCUT2D eigenvalue weighted by atomic mass is 15.4. The van der Waals surface area contributed by atoms with E-state index in [-0.39, 0.29) is 6.04 Å². The monoisotopic (exact) mass is 191 g/mol. The number of nitrogens with zero attached hydrogens (tertiary/aromatic N) is 2. The fourth-order valence-electron chi connectivity index (χ4n) is 1.25. The van der Waals surface area contributed by atoms with E-state index in [2.05, 4.69) is 18.8 Å². The van der Waals surface area contributed by atoms with Gasteiger partial charge in [-0.25, -0.2) is 5.84 Å². The molecule has 0 amide bonds. The van der Waals surface area contributed by atoms with E-state index in [0.717, 1.165) is 11.3 Å². The van der Waals surface area contributed by atoms with Crippen molar-refractivity contribution in [1.82, 2.24) is 0 Å². The molecule has 0 heterocycles. The van der Waals surface area contributed by atoms with Crippen LogP contribution in [0.1, 0.15) is 19.4 Å². The standard InChI is InChI=1S/C11H17N3/c1-9(2)14(12)11-7-5-4-6-10(11)8-13-3/h4-9H,12H2,1-3H3. The van der Waals surface area contributed by atoms with Crippen LogP contribution in [0, 0.1) is 0 Å². The molecule has 0 atom stereocenters. The van der Waals surface area contributed by atoms with E-state index in [9.17, 15) is 0 Å². The summed E-state index contributed by atoms with van der Waals surface area (Å²) in [6, 6.07) is 8.24. The fourth-order valence-corrected chi connectivity index (χ4v) is 1.25. The topological polar surface area (TPSA) is 41.6 Å². The van der Waals surface area contributed by atoms with Crippen LogP contribution in [-0.2, 0) is 0 Å². The van der Waals surface area contributed by atoms with Crippen LogP contribution in [0.25, 0.3) is 0 Å². The summed E-state index contributed by atoms with van der Waals surface area (Å²) in [5, 5.41) is 1.75. The second-order valence-corrected chi connectivity index (χ2v) is 3.45. The molecule has 2 N–H and O–H groups in total. The number of nitrogens with two attached hydrogens (primary N) is 1. The lowest BCUT2D eigenvalue weighted by Crippen LogP contribution is -2.38. The molecule has 14 heavy (non-hydrogen) atoms. The third kappa shape index (κ3) is 2.33. The average molecular weight is 191 g/mol. The molecule has 1 aromatic carbocycles. The van der Waals surface area contributed by atoms with Crippen molar-refractivity contribution in [3.8, 4) is 0 Å². The van der Waals surface area contributed by atoms with Gasteiger partial charge >= 0.3 is 0 Å². The van der Waals surface area contributed by atoms with E-state index >= 15 is 0 Å². The number of anilines is 1. The molecule has 0 saturated carbocycles. The number of hydrogen-bond acceptors (Lipinski definition) is 3. The first-order chi connectivity index (χ1) is 6.66. The second-order valence-electron chi connectivity index (χ2n) is 3.45. The minimum absolute atomic E-state index is 0.279. The Morgan fingerprint density at radius 3 is 2.57 bits per heavy atom. The highest BCUT2D eigenvalue weighted by molar-refractivity contribution is 5.87. The number of para-hydroxylation sites is 1. The third-order valence-corrected chi connectivity index (χ3v) is 2.04. The number of hydrogen-bond donors (Lipinski definition) is 1. The molecule has 0 aliphatic carbocycles. The molecule has 0 bridgehead atoms. The zero-order chi connectivity index (χ0) is 10.6. The van der Waals surface area contributed by atoms with Crippen molar-refractivity contribution in [2.24, 2.45) is 10.8 Å². The molecular formula is C11H17N3. The first-order valence-corrected chi connectivity index (χ1v) is 4.72. The maximum Gasteiger partial charge on any atom is 0.0607 e. The summed E-state index contributed by atoms with van der Waals surface area (Å²) in [4.78, 5) is 4.00. The Morgan fingerprint density at radius 1 is 1.36 bits per heavy atom. The molecule has 3 heteroatoms. The van der Waals surface area contributed by atoms with Crippen LogP contribution < -0.4 is 10.9 Å². The van der Waals surface area contributed by atoms with Gasteiger partial charge in [-0.05, 0) is 19.9 Å². The van der Waals surface area contributed by atoms with Gasteiger partial charge in [-0.2, -0.15) is 0 Å². The molecule has 0 aliphatic rings. The van der Waals surface area contributed by atoms with Gasteiger partial charge in [0.25, 0.3) is 0 Å². The van der Waals surface area contributed by atoms with Crippen molar-refractivity contribution in [2.45, 2.75) is 19.9 Å². The zero-order valence-corrected chi connectivity index (χ0v) is 8.94. The lowest BCUT2D eigenvalue weighted by atomic mass is 10.1. The van der Waals surface area contributed by atoms with Crippen LogP contribution in [0.3, 0.4) is 0 Å². The van der Waals surface area contributed by atoms with E-state index in [0.29, 0.717) is 0 Å². The van der Waals surface area contributed by atoms with Gasteiger partial charge in [0.1, 0.15) is 0 Å². The van der Waals surface area contributed by atoms with Gasteiger partial charge in [0.15, 0.2) is 0 Å². The molecule has 0 aromatic heterocycles. The maximum absolute atomic E-state index is 5.94. The van der Waals surface area contributed by atoms with Crippen molar-refractivity contribution in [2.75, 3.05) is 12.1 Å². The Balaban J connectivity index is 3.06. The molecule has 1 aromatic rings. The van der Waals surface area contributed by atoms with E-state index in [1.165, 1.54) is 0 Å². The highest BCUT2D eigenvalue weighted by Crippen LogP contribution is 2.17. The van der Waals surface area contributed by atoms with Gasteiger partial charge in [0, 0.05) is 24.9 Å². The summed E-state index contributed by atoms with van der Waals surface area (Å²) in [5.74, 6) is 5.94. The molecule has 0 spiro atoms. The lowest BCUT2D eigenvalue weighted by molar-refractivity contribution is 0.711. The highest BCUT2D eigenvalue weighted by Gasteiger charge is 2.08. The van der Waals surface area contributed by atoms with Crippen LogP contribution >= 0.6 is 0 Å². The summed E-state index contributed by atoms with van der Waals surface area (Å²) in [6.45, 7) is 4.11. The molecule has 0 saturated heterocycles. The molecular weight excluding hydrogens is 174 g/mol. The van der Waals surface area contributed by atoms with Crippen molar-refractivity contribution in [3.05, 3.63) is 29.8 Å². The first kappa shape index (κ1) is 10.7. The SMILES string of the molecule is CN=Cc1ccccc1N(N)C(C)C. The number of aliphatic imine (C=N–C) groups is 1. The Kier molecular flexibility index (Phi) is 3.65. The quantitative estimate of drug-likeness (QED) is 0.450. The summed E-state index contributed by atoms with van der Waals surface area (Å²) in [7, 11) is 1.76.